The molecule has 0 N–H and O–H groups in total. The summed E-state index contributed by atoms with van der Waals surface area (Å²) in [5, 5.41) is 6.23. The Labute approximate surface area is 132 Å². The minimum absolute atomic E-state index is 1.06. The molecule has 0 saturated carbocycles. The van der Waals surface area contributed by atoms with Crippen LogP contribution < -0.4 is 4.68 Å². The summed E-state index contributed by atoms with van der Waals surface area (Å²) < 4.78 is 2.15. The number of aryl methyl sites for hydroxylation is 1. The predicted molar refractivity (Wildman–Crippen MR) is 91.3 cm³/mol. The van der Waals surface area contributed by atoms with Gasteiger partial charge in [0.15, 0.2) is 0 Å². The average molecular weight is 291 g/mol. The molecule has 3 aromatic rings. The Morgan fingerprint density at radius 2 is 1.50 bits per heavy atom. The van der Waals surface area contributed by atoms with Crippen LogP contribution in [-0.4, -0.2) is 5.10 Å². The first-order chi connectivity index (χ1) is 10.8. The monoisotopic (exact) mass is 291 g/mol. The van der Waals surface area contributed by atoms with Crippen molar-refractivity contribution >= 4 is 10.9 Å². The van der Waals surface area contributed by atoms with Crippen molar-refractivity contribution in [3.63, 3.8) is 0 Å². The van der Waals surface area contributed by atoms with Crippen LogP contribution in [0.4, 0.5) is 0 Å². The first-order valence-corrected chi connectivity index (χ1v) is 8.23. The lowest BCUT2D eigenvalue weighted by atomic mass is 10.00. The fourth-order valence-electron chi connectivity index (χ4n) is 3.07. The van der Waals surface area contributed by atoms with Crippen LogP contribution in [-0.2, 0) is 12.8 Å². The third-order valence-electron chi connectivity index (χ3n) is 4.03. The maximum absolute atomic E-state index is 4.92. The van der Waals surface area contributed by atoms with E-state index in [2.05, 4.69) is 73.1 Å². The molecule has 1 aromatic heterocycles. The molecule has 0 saturated heterocycles. The highest BCUT2D eigenvalue weighted by atomic mass is 15.3. The number of aromatic nitrogens is 2. The van der Waals surface area contributed by atoms with Crippen molar-refractivity contribution in [2.45, 2.75) is 39.5 Å². The number of para-hydroxylation sites is 1. The minimum atomic E-state index is 1.06. The van der Waals surface area contributed by atoms with Crippen molar-refractivity contribution in [1.29, 1.82) is 0 Å². The number of hydrogen-bond acceptors (Lipinski definition) is 1. The van der Waals surface area contributed by atoms with Crippen LogP contribution in [0.25, 0.3) is 16.6 Å². The minimum Gasteiger partial charge on any atom is -0.0651 e. The number of fused-ring (bicyclic) bond motifs is 1. The fourth-order valence-corrected chi connectivity index (χ4v) is 3.07. The molecular formula is C20H23N2+. The lowest BCUT2D eigenvalue weighted by Crippen LogP contribution is -2.41. The van der Waals surface area contributed by atoms with E-state index >= 15 is 0 Å². The molecule has 0 bridgehead atoms. The summed E-state index contributed by atoms with van der Waals surface area (Å²) in [4.78, 5) is 0. The van der Waals surface area contributed by atoms with Gasteiger partial charge < -0.3 is 0 Å². The Morgan fingerprint density at radius 1 is 0.818 bits per heavy atom. The molecule has 0 aliphatic heterocycles. The van der Waals surface area contributed by atoms with Gasteiger partial charge in [0.25, 0.3) is 0 Å². The van der Waals surface area contributed by atoms with E-state index in [4.69, 9.17) is 5.10 Å². The summed E-state index contributed by atoms with van der Waals surface area (Å²) in [7, 11) is 0. The first-order valence-electron chi connectivity index (χ1n) is 8.23. The highest BCUT2D eigenvalue weighted by Gasteiger charge is 2.22. The summed E-state index contributed by atoms with van der Waals surface area (Å²) in [5.41, 5.74) is 5.04. The zero-order valence-corrected chi connectivity index (χ0v) is 13.4. The van der Waals surface area contributed by atoms with Crippen LogP contribution in [0.3, 0.4) is 0 Å². The zero-order valence-electron chi connectivity index (χ0n) is 13.4. The molecule has 0 radical (unpaired) electrons. The molecule has 22 heavy (non-hydrogen) atoms. The molecule has 0 spiro atoms. The van der Waals surface area contributed by atoms with Crippen LogP contribution in [0.5, 0.6) is 0 Å². The average Bonchev–Trinajstić information content (AvgIpc) is 2.57. The van der Waals surface area contributed by atoms with E-state index in [1.54, 1.807) is 0 Å². The highest BCUT2D eigenvalue weighted by Crippen LogP contribution is 2.21. The van der Waals surface area contributed by atoms with Crippen LogP contribution in [0.15, 0.2) is 54.6 Å². The van der Waals surface area contributed by atoms with E-state index in [0.29, 0.717) is 0 Å². The van der Waals surface area contributed by atoms with Crippen LogP contribution in [0.2, 0.25) is 0 Å². The molecular weight excluding hydrogens is 268 g/mol. The number of benzene rings is 2. The van der Waals surface area contributed by atoms with Gasteiger partial charge in [-0.25, -0.2) is 0 Å². The van der Waals surface area contributed by atoms with Gasteiger partial charge in [0.05, 0.1) is 0 Å². The SMILES string of the molecule is CCCc1c(CCC)[n+](-c2ccccc2)nc2ccccc12. The Morgan fingerprint density at radius 3 is 2.23 bits per heavy atom. The van der Waals surface area contributed by atoms with Gasteiger partial charge in [0.1, 0.15) is 5.52 Å². The van der Waals surface area contributed by atoms with E-state index in [9.17, 15) is 0 Å². The van der Waals surface area contributed by atoms with Crippen molar-refractivity contribution in [3.05, 3.63) is 65.9 Å². The second kappa shape index (κ2) is 6.69. The molecule has 112 valence electrons. The second-order valence-electron chi connectivity index (χ2n) is 5.69. The van der Waals surface area contributed by atoms with Crippen LogP contribution in [0.1, 0.15) is 37.9 Å². The van der Waals surface area contributed by atoms with E-state index in [-0.39, 0.29) is 0 Å². The molecule has 1 heterocycles. The molecule has 0 amide bonds. The van der Waals surface area contributed by atoms with Gasteiger partial charge >= 0.3 is 0 Å². The molecule has 2 nitrogen and oxygen atoms in total. The fraction of sp³-hybridized carbons (Fsp3) is 0.300. The molecule has 0 atom stereocenters. The number of rotatable bonds is 5. The normalized spacial score (nSPS) is 11.0. The molecule has 0 fully saturated rings. The van der Waals surface area contributed by atoms with Gasteiger partial charge in [0.2, 0.25) is 11.4 Å². The Kier molecular flexibility index (Phi) is 4.47. The smallest absolute Gasteiger partial charge is 0.0651 e. The van der Waals surface area contributed by atoms with Crippen LogP contribution in [0, 0.1) is 0 Å². The second-order valence-corrected chi connectivity index (χ2v) is 5.69. The molecule has 3 rings (SSSR count). The molecule has 0 aliphatic rings. The molecule has 2 heteroatoms. The summed E-state index contributed by atoms with van der Waals surface area (Å²) >= 11 is 0. The number of hydrogen-bond donors (Lipinski definition) is 0. The van der Waals surface area contributed by atoms with E-state index in [1.807, 2.05) is 0 Å². The van der Waals surface area contributed by atoms with Crippen molar-refractivity contribution in [1.82, 2.24) is 5.10 Å². The molecule has 2 aromatic carbocycles. The van der Waals surface area contributed by atoms with Crippen molar-refractivity contribution < 1.29 is 4.68 Å². The topological polar surface area (TPSA) is 16.8 Å². The lowest BCUT2D eigenvalue weighted by molar-refractivity contribution is -0.665. The third-order valence-corrected chi connectivity index (χ3v) is 4.03. The Hall–Kier alpha value is -2.22. The number of nitrogens with zero attached hydrogens (tertiary/aromatic N) is 2. The Balaban J connectivity index is 2.32. The van der Waals surface area contributed by atoms with E-state index in [1.165, 1.54) is 16.6 Å². The lowest BCUT2D eigenvalue weighted by Gasteiger charge is -2.10. The van der Waals surface area contributed by atoms with E-state index in [0.717, 1.165) is 36.9 Å². The largest absolute Gasteiger partial charge is 0.238 e. The molecule has 0 aliphatic carbocycles. The quantitative estimate of drug-likeness (QED) is 0.636. The van der Waals surface area contributed by atoms with E-state index < -0.39 is 0 Å². The van der Waals surface area contributed by atoms with Gasteiger partial charge in [-0.05, 0) is 23.6 Å². The third kappa shape index (κ3) is 2.74. The predicted octanol–water partition coefficient (Wildman–Crippen LogP) is 4.42. The van der Waals surface area contributed by atoms with Gasteiger partial charge in [-0.15, -0.1) is 0 Å². The maximum atomic E-state index is 4.92. The molecule has 0 unspecified atom stereocenters. The highest BCUT2D eigenvalue weighted by molar-refractivity contribution is 5.81. The summed E-state index contributed by atoms with van der Waals surface area (Å²) in [6.45, 7) is 4.48. The summed E-state index contributed by atoms with van der Waals surface area (Å²) in [6, 6.07) is 19.0. The Bertz CT molecular complexity index is 763. The van der Waals surface area contributed by atoms with Gasteiger partial charge in [-0.1, -0.05) is 56.7 Å². The van der Waals surface area contributed by atoms with Gasteiger partial charge in [-0.3, -0.25) is 0 Å². The summed E-state index contributed by atoms with van der Waals surface area (Å²) in [6.07, 6.45) is 4.44. The summed E-state index contributed by atoms with van der Waals surface area (Å²) in [5.74, 6) is 0. The van der Waals surface area contributed by atoms with Crippen LogP contribution >= 0.6 is 0 Å². The van der Waals surface area contributed by atoms with Crippen molar-refractivity contribution in [2.75, 3.05) is 0 Å². The standard InChI is InChI=1S/C20H23N2/c1-3-10-18-17-14-8-9-15-19(17)21-22(20(18)11-4-2)16-12-6-5-7-13-16/h5-9,12-15H,3-4,10-11H2,1-2H3/q+1. The van der Waals surface area contributed by atoms with Crippen molar-refractivity contribution in [3.8, 4) is 5.69 Å². The van der Waals surface area contributed by atoms with Gasteiger partial charge in [-0.2, -0.15) is 0 Å². The van der Waals surface area contributed by atoms with Gasteiger partial charge in [0, 0.05) is 34.6 Å². The van der Waals surface area contributed by atoms with Crippen molar-refractivity contribution in [2.24, 2.45) is 0 Å². The first kappa shape index (κ1) is 14.7. The zero-order chi connectivity index (χ0) is 15.4. The maximum Gasteiger partial charge on any atom is 0.238 e.